The average Bonchev–Trinajstić information content (AvgIpc) is 3.03. The van der Waals surface area contributed by atoms with E-state index in [4.69, 9.17) is 5.73 Å². The molecule has 0 bridgehead atoms. The van der Waals surface area contributed by atoms with Crippen LogP contribution in [0.1, 0.15) is 34.1 Å². The van der Waals surface area contributed by atoms with E-state index in [0.29, 0.717) is 35.8 Å². The van der Waals surface area contributed by atoms with E-state index in [1.54, 1.807) is 36.4 Å². The third kappa shape index (κ3) is 3.88. The van der Waals surface area contributed by atoms with E-state index >= 15 is 0 Å². The lowest BCUT2D eigenvalue weighted by atomic mass is 10.1. The minimum absolute atomic E-state index is 0.0179. The van der Waals surface area contributed by atoms with E-state index in [2.05, 4.69) is 12.2 Å². The summed E-state index contributed by atoms with van der Waals surface area (Å²) < 4.78 is 0. The summed E-state index contributed by atoms with van der Waals surface area (Å²) in [5.74, 6) is 0.228. The summed E-state index contributed by atoms with van der Waals surface area (Å²) in [5.41, 5.74) is 7.63. The summed E-state index contributed by atoms with van der Waals surface area (Å²) in [7, 11) is 0. The number of amides is 2. The highest BCUT2D eigenvalue weighted by Crippen LogP contribution is 2.24. The Bertz CT molecular complexity index is 743. The fraction of sp³-hybridized carbons (Fsp3) is 0.300. The van der Waals surface area contributed by atoms with E-state index in [1.807, 2.05) is 23.1 Å². The quantitative estimate of drug-likeness (QED) is 0.901. The molecule has 130 valence electrons. The van der Waals surface area contributed by atoms with Crippen LogP contribution in [0.2, 0.25) is 0 Å². The third-order valence-electron chi connectivity index (χ3n) is 4.68. The summed E-state index contributed by atoms with van der Waals surface area (Å²) in [5, 5.41) is 2.84. The number of benzene rings is 2. The van der Waals surface area contributed by atoms with Crippen LogP contribution < -0.4 is 11.1 Å². The van der Waals surface area contributed by atoms with Crippen molar-refractivity contribution in [3.05, 3.63) is 65.7 Å². The molecule has 0 aromatic heterocycles. The maximum absolute atomic E-state index is 12.7. The summed E-state index contributed by atoms with van der Waals surface area (Å²) in [6, 6.07) is 16.3. The van der Waals surface area contributed by atoms with Crippen LogP contribution in [-0.4, -0.2) is 35.8 Å². The monoisotopic (exact) mass is 337 g/mol. The highest BCUT2D eigenvalue weighted by Gasteiger charge is 2.31. The Morgan fingerprint density at radius 3 is 2.36 bits per heavy atom. The predicted octanol–water partition coefficient (Wildman–Crippen LogP) is 2.75. The molecule has 0 spiro atoms. The van der Waals surface area contributed by atoms with Gasteiger partial charge in [-0.15, -0.1) is 0 Å². The largest absolute Gasteiger partial charge is 0.336 e. The van der Waals surface area contributed by atoms with Crippen LogP contribution in [0.5, 0.6) is 0 Å². The van der Waals surface area contributed by atoms with Gasteiger partial charge >= 0.3 is 0 Å². The zero-order chi connectivity index (χ0) is 17.8. The summed E-state index contributed by atoms with van der Waals surface area (Å²) in [4.78, 5) is 26.7. The molecule has 2 unspecified atom stereocenters. The van der Waals surface area contributed by atoms with Gasteiger partial charge in [0.1, 0.15) is 0 Å². The molecule has 2 amide bonds. The van der Waals surface area contributed by atoms with Gasteiger partial charge in [-0.3, -0.25) is 9.59 Å². The summed E-state index contributed by atoms with van der Waals surface area (Å²) in [6.45, 7) is 3.38. The lowest BCUT2D eigenvalue weighted by Gasteiger charge is -2.21. The van der Waals surface area contributed by atoms with Crippen LogP contribution in [-0.2, 0) is 0 Å². The normalized spacial score (nSPS) is 19.7. The molecule has 2 atom stereocenters. The van der Waals surface area contributed by atoms with Gasteiger partial charge in [-0.05, 0) is 62.2 Å². The fourth-order valence-corrected chi connectivity index (χ4v) is 3.25. The Morgan fingerprint density at radius 1 is 1.08 bits per heavy atom. The first-order chi connectivity index (χ1) is 12.1. The Kier molecular flexibility index (Phi) is 5.14. The summed E-state index contributed by atoms with van der Waals surface area (Å²) in [6.07, 6.45) is 0.952. The molecule has 25 heavy (non-hydrogen) atoms. The first-order valence-corrected chi connectivity index (χ1v) is 8.56. The van der Waals surface area contributed by atoms with Gasteiger partial charge in [-0.2, -0.15) is 0 Å². The average molecular weight is 337 g/mol. The van der Waals surface area contributed by atoms with Gasteiger partial charge in [-0.25, -0.2) is 0 Å². The predicted molar refractivity (Wildman–Crippen MR) is 98.5 cm³/mol. The van der Waals surface area contributed by atoms with Crippen molar-refractivity contribution in [3.63, 3.8) is 0 Å². The zero-order valence-corrected chi connectivity index (χ0v) is 14.3. The van der Waals surface area contributed by atoms with E-state index in [1.165, 1.54) is 0 Å². The number of nitrogens with one attached hydrogen (secondary N) is 1. The number of carbonyl (C=O) groups excluding carboxylic acids is 2. The topological polar surface area (TPSA) is 75.4 Å². The maximum atomic E-state index is 12.7. The number of carbonyl (C=O) groups is 2. The number of likely N-dealkylation sites (tertiary alicyclic amines) is 1. The standard InChI is InChI=1S/C20H23N3O2/c1-14-11-15(12-21)13-23(14)20(25)17-7-9-18(10-8-17)22-19(24)16-5-3-2-4-6-16/h2-10,14-15H,11-13,21H2,1H3,(H,22,24). The van der Waals surface area contributed by atoms with E-state index in [0.717, 1.165) is 6.42 Å². The molecule has 3 N–H and O–H groups in total. The lowest BCUT2D eigenvalue weighted by molar-refractivity contribution is 0.0743. The first kappa shape index (κ1) is 17.2. The Balaban J connectivity index is 1.66. The van der Waals surface area contributed by atoms with Gasteiger partial charge in [-0.1, -0.05) is 18.2 Å². The molecule has 1 saturated heterocycles. The van der Waals surface area contributed by atoms with Gasteiger partial charge in [0.15, 0.2) is 0 Å². The Labute approximate surface area is 147 Å². The fourth-order valence-electron chi connectivity index (χ4n) is 3.25. The first-order valence-electron chi connectivity index (χ1n) is 8.56. The maximum Gasteiger partial charge on any atom is 0.255 e. The molecule has 1 aliphatic heterocycles. The van der Waals surface area contributed by atoms with Crippen molar-refractivity contribution in [1.29, 1.82) is 0 Å². The minimum atomic E-state index is -0.168. The highest BCUT2D eigenvalue weighted by molar-refractivity contribution is 6.04. The Morgan fingerprint density at radius 2 is 1.76 bits per heavy atom. The molecule has 0 radical (unpaired) electrons. The molecule has 5 heteroatoms. The molecule has 0 saturated carbocycles. The number of nitrogens with two attached hydrogens (primary N) is 1. The molecular formula is C20H23N3O2. The van der Waals surface area contributed by atoms with E-state index < -0.39 is 0 Å². The SMILES string of the molecule is CC1CC(CN)CN1C(=O)c1ccc(NC(=O)c2ccccc2)cc1. The van der Waals surface area contributed by atoms with Crippen molar-refractivity contribution in [3.8, 4) is 0 Å². The van der Waals surface area contributed by atoms with Crippen molar-refractivity contribution in [1.82, 2.24) is 4.90 Å². The number of rotatable bonds is 4. The highest BCUT2D eigenvalue weighted by atomic mass is 16.2. The van der Waals surface area contributed by atoms with E-state index in [9.17, 15) is 9.59 Å². The van der Waals surface area contributed by atoms with Crippen molar-refractivity contribution < 1.29 is 9.59 Å². The van der Waals surface area contributed by atoms with Gasteiger partial charge in [0, 0.05) is 29.4 Å². The second kappa shape index (κ2) is 7.49. The number of nitrogens with zero attached hydrogens (tertiary/aromatic N) is 1. The van der Waals surface area contributed by atoms with Crippen molar-refractivity contribution in [2.24, 2.45) is 11.7 Å². The second-order valence-corrected chi connectivity index (χ2v) is 6.54. The van der Waals surface area contributed by atoms with Crippen LogP contribution >= 0.6 is 0 Å². The number of hydrogen-bond acceptors (Lipinski definition) is 3. The molecule has 2 aromatic carbocycles. The van der Waals surface area contributed by atoms with Crippen LogP contribution in [0, 0.1) is 5.92 Å². The van der Waals surface area contributed by atoms with Crippen molar-refractivity contribution >= 4 is 17.5 Å². The molecule has 1 fully saturated rings. The molecule has 1 heterocycles. The summed E-state index contributed by atoms with van der Waals surface area (Å²) >= 11 is 0. The molecule has 3 rings (SSSR count). The second-order valence-electron chi connectivity index (χ2n) is 6.54. The van der Waals surface area contributed by atoms with Crippen LogP contribution in [0.25, 0.3) is 0 Å². The number of anilines is 1. The number of hydrogen-bond donors (Lipinski definition) is 2. The molecule has 5 nitrogen and oxygen atoms in total. The lowest BCUT2D eigenvalue weighted by Crippen LogP contribution is -2.34. The Hall–Kier alpha value is -2.66. The van der Waals surface area contributed by atoms with Crippen molar-refractivity contribution in [2.45, 2.75) is 19.4 Å². The van der Waals surface area contributed by atoms with Crippen LogP contribution in [0.4, 0.5) is 5.69 Å². The third-order valence-corrected chi connectivity index (χ3v) is 4.68. The van der Waals surface area contributed by atoms with Gasteiger partial charge in [0.25, 0.3) is 11.8 Å². The molecule has 0 aliphatic carbocycles. The van der Waals surface area contributed by atoms with Crippen LogP contribution in [0.15, 0.2) is 54.6 Å². The zero-order valence-electron chi connectivity index (χ0n) is 14.3. The van der Waals surface area contributed by atoms with Crippen LogP contribution in [0.3, 0.4) is 0 Å². The van der Waals surface area contributed by atoms with Gasteiger partial charge in [0.05, 0.1) is 0 Å². The smallest absolute Gasteiger partial charge is 0.255 e. The van der Waals surface area contributed by atoms with E-state index in [-0.39, 0.29) is 17.9 Å². The minimum Gasteiger partial charge on any atom is -0.336 e. The molecular weight excluding hydrogens is 314 g/mol. The van der Waals surface area contributed by atoms with Gasteiger partial charge in [0.2, 0.25) is 0 Å². The molecule has 1 aliphatic rings. The van der Waals surface area contributed by atoms with Gasteiger partial charge < -0.3 is 16.0 Å². The molecule has 2 aromatic rings. The van der Waals surface area contributed by atoms with Crippen molar-refractivity contribution in [2.75, 3.05) is 18.4 Å².